The van der Waals surface area contributed by atoms with Crippen molar-refractivity contribution in [3.8, 4) is 5.75 Å². The summed E-state index contributed by atoms with van der Waals surface area (Å²) >= 11 is 0. The molecule has 2 aromatic heterocycles. The van der Waals surface area contributed by atoms with Crippen LogP contribution in [0.3, 0.4) is 0 Å². The minimum absolute atomic E-state index is 0.177. The van der Waals surface area contributed by atoms with E-state index in [2.05, 4.69) is 15.3 Å². The molecule has 6 heteroatoms. The number of aryl methyl sites for hydroxylation is 1. The topological polar surface area (TPSA) is 81.2 Å². The molecule has 3 N–H and O–H groups in total. The molecule has 0 bridgehead atoms. The van der Waals surface area contributed by atoms with E-state index in [1.807, 2.05) is 44.1 Å². The number of H-pyrrole nitrogens is 1. The van der Waals surface area contributed by atoms with Crippen molar-refractivity contribution in [1.82, 2.24) is 20.2 Å². The number of pyridine rings is 1. The molecular formula is C21H22N4O2. The highest BCUT2D eigenvalue weighted by Gasteiger charge is 2.16. The molecule has 0 fully saturated rings. The first-order valence-electron chi connectivity index (χ1n) is 8.91. The highest BCUT2D eigenvalue weighted by molar-refractivity contribution is 6.17. The van der Waals surface area contributed by atoms with Crippen LogP contribution in [0.15, 0.2) is 36.5 Å². The van der Waals surface area contributed by atoms with Gasteiger partial charge in [-0.05, 0) is 62.3 Å². The van der Waals surface area contributed by atoms with Crippen LogP contribution in [0.2, 0.25) is 0 Å². The van der Waals surface area contributed by atoms with Crippen molar-refractivity contribution in [2.75, 3.05) is 27.2 Å². The van der Waals surface area contributed by atoms with Gasteiger partial charge in [-0.1, -0.05) is 0 Å². The number of carbonyl (C=O) groups excluding carboxylic acids is 1. The quantitative estimate of drug-likeness (QED) is 0.521. The Morgan fingerprint density at radius 3 is 2.74 bits per heavy atom. The van der Waals surface area contributed by atoms with Crippen LogP contribution in [-0.2, 0) is 0 Å². The molecule has 4 aromatic rings. The number of carbonyl (C=O) groups is 1. The van der Waals surface area contributed by atoms with E-state index in [4.69, 9.17) is 0 Å². The van der Waals surface area contributed by atoms with E-state index in [0.29, 0.717) is 12.2 Å². The summed E-state index contributed by atoms with van der Waals surface area (Å²) in [6, 6.07) is 9.19. The number of fused-ring (bicyclic) bond motifs is 4. The summed E-state index contributed by atoms with van der Waals surface area (Å²) in [5, 5.41) is 16.5. The largest absolute Gasteiger partial charge is 0.508 e. The molecule has 0 saturated heterocycles. The summed E-state index contributed by atoms with van der Waals surface area (Å²) in [5.74, 6) is 0.0397. The zero-order chi connectivity index (χ0) is 19.1. The first-order valence-corrected chi connectivity index (χ1v) is 8.91. The third kappa shape index (κ3) is 2.98. The number of phenolic OH excluding ortho intramolecular Hbond substituents is 1. The van der Waals surface area contributed by atoms with Gasteiger partial charge < -0.3 is 20.3 Å². The Hall–Kier alpha value is -3.12. The van der Waals surface area contributed by atoms with E-state index in [-0.39, 0.29) is 11.7 Å². The number of aromatic hydroxyl groups is 1. The molecule has 2 aromatic carbocycles. The van der Waals surface area contributed by atoms with Crippen LogP contribution in [0.5, 0.6) is 5.75 Å². The summed E-state index contributed by atoms with van der Waals surface area (Å²) in [4.78, 5) is 22.5. The maximum atomic E-state index is 12.7. The predicted octanol–water partition coefficient (Wildman–Crippen LogP) is 3.17. The summed E-state index contributed by atoms with van der Waals surface area (Å²) < 4.78 is 0. The average Bonchev–Trinajstić information content (AvgIpc) is 2.99. The lowest BCUT2D eigenvalue weighted by molar-refractivity contribution is 0.0948. The minimum Gasteiger partial charge on any atom is -0.508 e. The summed E-state index contributed by atoms with van der Waals surface area (Å²) in [5.41, 5.74) is 3.44. The van der Waals surface area contributed by atoms with Crippen molar-refractivity contribution in [2.45, 2.75) is 6.92 Å². The van der Waals surface area contributed by atoms with Crippen molar-refractivity contribution in [2.24, 2.45) is 0 Å². The van der Waals surface area contributed by atoms with Gasteiger partial charge in [-0.25, -0.2) is 0 Å². The van der Waals surface area contributed by atoms with Crippen molar-refractivity contribution < 1.29 is 9.90 Å². The zero-order valence-electron chi connectivity index (χ0n) is 15.6. The Morgan fingerprint density at radius 2 is 1.96 bits per heavy atom. The van der Waals surface area contributed by atoms with Crippen LogP contribution in [0.4, 0.5) is 0 Å². The fraction of sp³-hybridized carbons (Fsp3) is 0.238. The van der Waals surface area contributed by atoms with Crippen LogP contribution >= 0.6 is 0 Å². The molecule has 6 nitrogen and oxygen atoms in total. The predicted molar refractivity (Wildman–Crippen MR) is 108 cm³/mol. The molecule has 1 amide bonds. The van der Waals surface area contributed by atoms with Crippen molar-refractivity contribution >= 4 is 38.5 Å². The molecule has 2 heterocycles. The number of aromatic nitrogens is 2. The van der Waals surface area contributed by atoms with E-state index >= 15 is 0 Å². The van der Waals surface area contributed by atoms with Gasteiger partial charge in [-0.3, -0.25) is 9.78 Å². The maximum absolute atomic E-state index is 12.7. The third-order valence-electron chi connectivity index (χ3n) is 4.94. The lowest BCUT2D eigenvalue weighted by Gasteiger charge is -2.12. The second-order valence-corrected chi connectivity index (χ2v) is 7.09. The number of benzene rings is 2. The molecule has 0 saturated carbocycles. The Bertz CT molecular complexity index is 1180. The average molecular weight is 362 g/mol. The number of likely N-dealkylation sites (N-methyl/N-ethyl adjacent to an activating group) is 1. The van der Waals surface area contributed by atoms with Gasteiger partial charge in [-0.2, -0.15) is 0 Å². The number of amides is 1. The molecule has 4 rings (SSSR count). The zero-order valence-corrected chi connectivity index (χ0v) is 15.6. The second kappa shape index (κ2) is 6.55. The molecule has 0 aliphatic carbocycles. The molecule has 0 radical (unpaired) electrons. The van der Waals surface area contributed by atoms with Crippen LogP contribution in [0.25, 0.3) is 32.6 Å². The Balaban J connectivity index is 1.90. The summed E-state index contributed by atoms with van der Waals surface area (Å²) in [6.45, 7) is 3.36. The lowest BCUT2D eigenvalue weighted by atomic mass is 10.00. The highest BCUT2D eigenvalue weighted by atomic mass is 16.3. The second-order valence-electron chi connectivity index (χ2n) is 7.09. The number of nitrogens with one attached hydrogen (secondary N) is 2. The monoisotopic (exact) mass is 362 g/mol. The number of hydrogen-bond acceptors (Lipinski definition) is 4. The number of phenols is 1. The fourth-order valence-electron chi connectivity index (χ4n) is 3.53. The van der Waals surface area contributed by atoms with E-state index in [1.54, 1.807) is 18.3 Å². The van der Waals surface area contributed by atoms with Gasteiger partial charge >= 0.3 is 0 Å². The standard InChI is InChI=1S/C21H22N4O2/c1-12-14-6-7-22-20(21(27)23-8-9-25(2)3)16(14)11-17-15-10-13(26)4-5-18(15)24-19(12)17/h4-7,10-11,24,26H,8-9H2,1-3H3,(H,23,27). The number of rotatable bonds is 4. The van der Waals surface area contributed by atoms with Gasteiger partial charge in [0.15, 0.2) is 0 Å². The third-order valence-corrected chi connectivity index (χ3v) is 4.94. The van der Waals surface area contributed by atoms with Gasteiger partial charge in [0.05, 0.1) is 5.52 Å². The molecule has 27 heavy (non-hydrogen) atoms. The normalized spacial score (nSPS) is 11.7. The maximum Gasteiger partial charge on any atom is 0.270 e. The van der Waals surface area contributed by atoms with Crippen LogP contribution in [0.1, 0.15) is 16.1 Å². The Morgan fingerprint density at radius 1 is 1.15 bits per heavy atom. The number of hydrogen-bond donors (Lipinski definition) is 3. The first kappa shape index (κ1) is 17.3. The van der Waals surface area contributed by atoms with E-state index in [9.17, 15) is 9.90 Å². The molecule has 0 atom stereocenters. The van der Waals surface area contributed by atoms with Gasteiger partial charge in [0.1, 0.15) is 11.4 Å². The molecule has 0 unspecified atom stereocenters. The van der Waals surface area contributed by atoms with Gasteiger partial charge in [0.25, 0.3) is 5.91 Å². The number of aromatic amines is 1. The van der Waals surface area contributed by atoms with Gasteiger partial charge in [0.2, 0.25) is 0 Å². The lowest BCUT2D eigenvalue weighted by Crippen LogP contribution is -2.31. The van der Waals surface area contributed by atoms with E-state index in [0.717, 1.165) is 44.7 Å². The SMILES string of the molecule is Cc1c2ccnc(C(=O)NCCN(C)C)c2cc2c1[nH]c1ccc(O)cc12. The fourth-order valence-corrected chi connectivity index (χ4v) is 3.53. The van der Waals surface area contributed by atoms with Crippen LogP contribution in [0, 0.1) is 6.92 Å². The van der Waals surface area contributed by atoms with Crippen molar-refractivity contribution in [3.05, 3.63) is 47.8 Å². The van der Waals surface area contributed by atoms with Crippen molar-refractivity contribution in [1.29, 1.82) is 0 Å². The number of nitrogens with zero attached hydrogens (tertiary/aromatic N) is 2. The smallest absolute Gasteiger partial charge is 0.270 e. The summed E-state index contributed by atoms with van der Waals surface area (Å²) in [7, 11) is 3.93. The molecular weight excluding hydrogens is 340 g/mol. The molecule has 138 valence electrons. The highest BCUT2D eigenvalue weighted by Crippen LogP contribution is 2.35. The van der Waals surface area contributed by atoms with Crippen molar-refractivity contribution in [3.63, 3.8) is 0 Å². The van der Waals surface area contributed by atoms with Gasteiger partial charge in [0, 0.05) is 41.0 Å². The molecule has 0 aliphatic heterocycles. The van der Waals surface area contributed by atoms with E-state index in [1.165, 1.54) is 0 Å². The summed E-state index contributed by atoms with van der Waals surface area (Å²) in [6.07, 6.45) is 1.68. The van der Waals surface area contributed by atoms with Gasteiger partial charge in [-0.15, -0.1) is 0 Å². The molecule has 0 aliphatic rings. The Labute approximate surface area is 156 Å². The van der Waals surface area contributed by atoms with E-state index < -0.39 is 0 Å². The molecule has 0 spiro atoms. The minimum atomic E-state index is -0.177. The van der Waals surface area contributed by atoms with Crippen LogP contribution < -0.4 is 5.32 Å². The first-order chi connectivity index (χ1) is 13.0. The van der Waals surface area contributed by atoms with Crippen LogP contribution in [-0.4, -0.2) is 53.1 Å². The Kier molecular flexibility index (Phi) is 4.20.